The van der Waals surface area contributed by atoms with Gasteiger partial charge in [-0.25, -0.2) is 8.78 Å². The number of amides is 1. The highest BCUT2D eigenvalue weighted by Crippen LogP contribution is 2.07. The molecule has 2 N–H and O–H groups in total. The van der Waals surface area contributed by atoms with Gasteiger partial charge in [0.1, 0.15) is 5.69 Å². The van der Waals surface area contributed by atoms with Gasteiger partial charge < -0.3 is 15.2 Å². The van der Waals surface area contributed by atoms with E-state index in [0.29, 0.717) is 0 Å². The summed E-state index contributed by atoms with van der Waals surface area (Å²) in [6, 6.07) is 3.25. The Morgan fingerprint density at radius 1 is 1.65 bits per heavy atom. The zero-order valence-corrected chi connectivity index (χ0v) is 9.33. The van der Waals surface area contributed by atoms with Crippen molar-refractivity contribution in [3.63, 3.8) is 0 Å². The summed E-state index contributed by atoms with van der Waals surface area (Å²) in [6.07, 6.45) is -0.0861. The number of carbonyl (C=O) groups excluding carboxylic acids is 1. The molecule has 0 radical (unpaired) electrons. The molecule has 17 heavy (non-hydrogen) atoms. The summed E-state index contributed by atoms with van der Waals surface area (Å²) < 4.78 is 25.8. The average Bonchev–Trinajstić information content (AvgIpc) is 2.87. The molecule has 1 aliphatic rings. The molecule has 1 amide bonds. The molecule has 1 atom stereocenters. The molecular weight excluding hydrogens is 228 g/mol. The molecule has 1 aliphatic heterocycles. The summed E-state index contributed by atoms with van der Waals surface area (Å²) in [7, 11) is 0. The predicted molar refractivity (Wildman–Crippen MR) is 59.2 cm³/mol. The Hall–Kier alpha value is -1.43. The van der Waals surface area contributed by atoms with Crippen molar-refractivity contribution in [1.29, 1.82) is 0 Å². The van der Waals surface area contributed by atoms with E-state index < -0.39 is 13.0 Å². The van der Waals surface area contributed by atoms with Crippen LogP contribution in [0.1, 0.15) is 16.9 Å². The van der Waals surface area contributed by atoms with Crippen molar-refractivity contribution < 1.29 is 13.6 Å². The molecule has 0 aromatic carbocycles. The van der Waals surface area contributed by atoms with Gasteiger partial charge in [0, 0.05) is 18.8 Å². The monoisotopic (exact) mass is 243 g/mol. The van der Waals surface area contributed by atoms with Crippen LogP contribution in [-0.2, 0) is 6.54 Å². The number of alkyl halides is 2. The minimum atomic E-state index is -2.46. The van der Waals surface area contributed by atoms with E-state index in [1.165, 1.54) is 10.8 Å². The first-order valence-electron chi connectivity index (χ1n) is 5.61. The number of aromatic nitrogens is 1. The second-order valence-electron chi connectivity index (χ2n) is 4.10. The molecule has 2 rings (SSSR count). The lowest BCUT2D eigenvalue weighted by atomic mass is 10.2. The number of carbonyl (C=O) groups is 1. The van der Waals surface area contributed by atoms with Gasteiger partial charge in [-0.1, -0.05) is 0 Å². The highest BCUT2D eigenvalue weighted by atomic mass is 19.3. The molecule has 0 bridgehead atoms. The molecule has 1 aromatic rings. The van der Waals surface area contributed by atoms with Crippen LogP contribution in [0.5, 0.6) is 0 Å². The maximum absolute atomic E-state index is 12.3. The quantitative estimate of drug-likeness (QED) is 0.823. The van der Waals surface area contributed by atoms with Gasteiger partial charge in [0.2, 0.25) is 0 Å². The van der Waals surface area contributed by atoms with Crippen molar-refractivity contribution in [1.82, 2.24) is 15.2 Å². The minimum Gasteiger partial charge on any atom is -0.347 e. The summed E-state index contributed by atoms with van der Waals surface area (Å²) >= 11 is 0. The second-order valence-corrected chi connectivity index (χ2v) is 4.10. The predicted octanol–water partition coefficient (Wildman–Crippen LogP) is 0.845. The summed E-state index contributed by atoms with van der Waals surface area (Å²) in [4.78, 5) is 11.9. The minimum absolute atomic E-state index is 0.0948. The smallest absolute Gasteiger partial charge is 0.268 e. The number of nitrogens with zero attached hydrogens (tertiary/aromatic N) is 1. The van der Waals surface area contributed by atoms with E-state index in [4.69, 9.17) is 0 Å². The Bertz CT molecular complexity index is 386. The molecule has 4 nitrogen and oxygen atoms in total. The van der Waals surface area contributed by atoms with E-state index in [0.717, 1.165) is 19.5 Å². The number of nitrogens with one attached hydrogen (secondary N) is 2. The third-order valence-electron chi connectivity index (χ3n) is 2.79. The molecule has 6 heteroatoms. The van der Waals surface area contributed by atoms with Gasteiger partial charge in [-0.05, 0) is 25.1 Å². The largest absolute Gasteiger partial charge is 0.347 e. The lowest BCUT2D eigenvalue weighted by Crippen LogP contribution is -2.37. The van der Waals surface area contributed by atoms with E-state index in [9.17, 15) is 13.6 Å². The Kier molecular flexibility index (Phi) is 3.73. The first-order chi connectivity index (χ1) is 8.16. The first-order valence-corrected chi connectivity index (χ1v) is 5.61. The lowest BCUT2D eigenvalue weighted by molar-refractivity contribution is 0.0917. The standard InChI is InChI=1S/C11H15F2N3O/c12-10(13)7-16-5-1-2-9(16)11(17)15-8-3-4-14-6-8/h1-2,5,8,10,14H,3-4,6-7H2,(H,15,17). The van der Waals surface area contributed by atoms with E-state index in [1.54, 1.807) is 12.1 Å². The third kappa shape index (κ3) is 3.03. The Morgan fingerprint density at radius 2 is 2.47 bits per heavy atom. The maximum Gasteiger partial charge on any atom is 0.268 e. The number of hydrogen-bond donors (Lipinski definition) is 2. The molecule has 0 spiro atoms. The molecular formula is C11H15F2N3O. The van der Waals surface area contributed by atoms with Crippen LogP contribution in [0.15, 0.2) is 18.3 Å². The fourth-order valence-electron chi connectivity index (χ4n) is 1.97. The number of halogens is 2. The van der Waals surface area contributed by atoms with E-state index in [2.05, 4.69) is 10.6 Å². The molecule has 1 unspecified atom stereocenters. The molecule has 1 fully saturated rings. The van der Waals surface area contributed by atoms with Crippen LogP contribution in [-0.4, -0.2) is 36.0 Å². The highest BCUT2D eigenvalue weighted by molar-refractivity contribution is 5.93. The van der Waals surface area contributed by atoms with Crippen molar-refractivity contribution in [2.24, 2.45) is 0 Å². The Labute approximate surface area is 98.0 Å². The zero-order valence-electron chi connectivity index (χ0n) is 9.33. The van der Waals surface area contributed by atoms with Crippen LogP contribution < -0.4 is 10.6 Å². The zero-order chi connectivity index (χ0) is 12.3. The van der Waals surface area contributed by atoms with Crippen LogP contribution in [0.25, 0.3) is 0 Å². The summed E-state index contributed by atoms with van der Waals surface area (Å²) in [5.74, 6) is -0.288. The molecule has 2 heterocycles. The van der Waals surface area contributed by atoms with Crippen molar-refractivity contribution in [3.8, 4) is 0 Å². The van der Waals surface area contributed by atoms with Gasteiger partial charge in [0.05, 0.1) is 6.54 Å². The Morgan fingerprint density at radius 3 is 3.12 bits per heavy atom. The molecule has 0 aliphatic carbocycles. The summed E-state index contributed by atoms with van der Waals surface area (Å²) in [5.41, 5.74) is 0.289. The average molecular weight is 243 g/mol. The fourth-order valence-corrected chi connectivity index (χ4v) is 1.97. The third-order valence-corrected chi connectivity index (χ3v) is 2.79. The van der Waals surface area contributed by atoms with E-state index in [1.807, 2.05) is 0 Å². The first kappa shape index (κ1) is 12.0. The van der Waals surface area contributed by atoms with Crippen LogP contribution in [0.3, 0.4) is 0 Å². The van der Waals surface area contributed by atoms with Gasteiger partial charge in [0.15, 0.2) is 0 Å². The van der Waals surface area contributed by atoms with Crippen LogP contribution in [0.2, 0.25) is 0 Å². The van der Waals surface area contributed by atoms with Crippen LogP contribution >= 0.6 is 0 Å². The van der Waals surface area contributed by atoms with Crippen molar-refractivity contribution in [2.75, 3.05) is 13.1 Å². The van der Waals surface area contributed by atoms with Gasteiger partial charge >= 0.3 is 0 Å². The van der Waals surface area contributed by atoms with Crippen molar-refractivity contribution in [2.45, 2.75) is 25.4 Å². The van der Waals surface area contributed by atoms with Gasteiger partial charge in [-0.15, -0.1) is 0 Å². The van der Waals surface area contributed by atoms with Crippen LogP contribution in [0.4, 0.5) is 8.78 Å². The summed E-state index contributed by atoms with van der Waals surface area (Å²) in [5, 5.41) is 5.96. The lowest BCUT2D eigenvalue weighted by Gasteiger charge is -2.13. The van der Waals surface area contributed by atoms with Crippen LogP contribution in [0, 0.1) is 0 Å². The Balaban J connectivity index is 2.00. The molecule has 0 saturated carbocycles. The second kappa shape index (κ2) is 5.27. The van der Waals surface area contributed by atoms with Gasteiger partial charge in [-0.3, -0.25) is 4.79 Å². The van der Waals surface area contributed by atoms with Gasteiger partial charge in [0.25, 0.3) is 12.3 Å². The SMILES string of the molecule is O=C(NC1CCNC1)c1cccn1CC(F)F. The van der Waals surface area contributed by atoms with E-state index in [-0.39, 0.29) is 17.6 Å². The molecule has 1 aromatic heterocycles. The maximum atomic E-state index is 12.3. The normalized spacial score (nSPS) is 19.8. The van der Waals surface area contributed by atoms with Crippen molar-refractivity contribution >= 4 is 5.91 Å². The highest BCUT2D eigenvalue weighted by Gasteiger charge is 2.19. The summed E-state index contributed by atoms with van der Waals surface area (Å²) in [6.45, 7) is 1.17. The molecule has 1 saturated heterocycles. The van der Waals surface area contributed by atoms with Gasteiger partial charge in [-0.2, -0.15) is 0 Å². The topological polar surface area (TPSA) is 46.1 Å². The van der Waals surface area contributed by atoms with Crippen molar-refractivity contribution in [3.05, 3.63) is 24.0 Å². The number of hydrogen-bond acceptors (Lipinski definition) is 2. The fraction of sp³-hybridized carbons (Fsp3) is 0.545. The molecule has 94 valence electrons. The van der Waals surface area contributed by atoms with E-state index >= 15 is 0 Å². The number of rotatable bonds is 4.